The average Bonchev–Trinajstić information content (AvgIpc) is 2.18. The summed E-state index contributed by atoms with van der Waals surface area (Å²) in [6.07, 6.45) is 2.11. The van der Waals surface area contributed by atoms with Crippen molar-refractivity contribution < 1.29 is 4.79 Å². The topological polar surface area (TPSA) is 54.0 Å². The number of nitrogens with zero attached hydrogens (tertiary/aromatic N) is 1. The quantitative estimate of drug-likeness (QED) is 0.840. The van der Waals surface area contributed by atoms with E-state index in [1.165, 1.54) is 0 Å². The first kappa shape index (κ1) is 11.8. The minimum Gasteiger partial charge on any atom is -0.323 e. The molecule has 1 aromatic heterocycles. The molecule has 1 aliphatic rings. The number of carbonyl (C=O) groups is 1. The lowest BCUT2D eigenvalue weighted by atomic mass is 9.99. The van der Waals surface area contributed by atoms with Crippen molar-refractivity contribution in [2.45, 2.75) is 6.42 Å². The van der Waals surface area contributed by atoms with Crippen molar-refractivity contribution in [3.05, 3.63) is 21.9 Å². The smallest absolute Gasteiger partial charge is 0.224 e. The van der Waals surface area contributed by atoms with Gasteiger partial charge in [-0.2, -0.15) is 0 Å². The maximum atomic E-state index is 11.6. The Morgan fingerprint density at radius 3 is 3.06 bits per heavy atom. The van der Waals surface area contributed by atoms with Crippen molar-refractivity contribution in [3.63, 3.8) is 0 Å². The number of halogens is 2. The van der Waals surface area contributed by atoms with Crippen molar-refractivity contribution in [1.29, 1.82) is 0 Å². The monoisotopic (exact) mass is 303 g/mol. The van der Waals surface area contributed by atoms with Gasteiger partial charge in [-0.25, -0.2) is 4.98 Å². The van der Waals surface area contributed by atoms with Crippen LogP contribution in [-0.4, -0.2) is 24.0 Å². The summed E-state index contributed by atoms with van der Waals surface area (Å²) in [6, 6.07) is 1.74. The average molecular weight is 305 g/mol. The van der Waals surface area contributed by atoms with Gasteiger partial charge in [0.05, 0.1) is 5.69 Å². The van der Waals surface area contributed by atoms with Gasteiger partial charge >= 0.3 is 0 Å². The van der Waals surface area contributed by atoms with Crippen molar-refractivity contribution in [2.24, 2.45) is 5.92 Å². The van der Waals surface area contributed by atoms with Crippen LogP contribution in [0.15, 0.2) is 16.7 Å². The fraction of sp³-hybridized carbons (Fsp3) is 0.400. The highest BCUT2D eigenvalue weighted by molar-refractivity contribution is 9.10. The summed E-state index contributed by atoms with van der Waals surface area (Å²) in [5.74, 6) is 0.423. The Balaban J connectivity index is 1.96. The van der Waals surface area contributed by atoms with E-state index in [4.69, 9.17) is 11.6 Å². The third-order valence-corrected chi connectivity index (χ3v) is 3.15. The predicted octanol–water partition coefficient (Wildman–Crippen LogP) is 2.05. The molecule has 86 valence electrons. The first-order valence-corrected chi connectivity index (χ1v) is 6.14. The number of carbonyl (C=O) groups excluding carboxylic acids is 1. The van der Waals surface area contributed by atoms with Gasteiger partial charge in [-0.3, -0.25) is 4.79 Å². The molecule has 0 aromatic carbocycles. The molecule has 16 heavy (non-hydrogen) atoms. The molecule has 0 bridgehead atoms. The van der Waals surface area contributed by atoms with Crippen LogP contribution in [0.2, 0.25) is 5.15 Å². The Labute approximate surface area is 107 Å². The number of hydrogen-bond donors (Lipinski definition) is 2. The van der Waals surface area contributed by atoms with Gasteiger partial charge in [-0.05, 0) is 41.0 Å². The maximum absolute atomic E-state index is 11.6. The molecule has 6 heteroatoms. The molecule has 0 radical (unpaired) electrons. The molecule has 1 aromatic rings. The third kappa shape index (κ3) is 2.93. The molecule has 0 spiro atoms. The van der Waals surface area contributed by atoms with Crippen LogP contribution in [-0.2, 0) is 4.79 Å². The van der Waals surface area contributed by atoms with Crippen LogP contribution < -0.4 is 10.6 Å². The van der Waals surface area contributed by atoms with Gasteiger partial charge in [0.1, 0.15) is 0 Å². The van der Waals surface area contributed by atoms with Crippen LogP contribution in [0, 0.1) is 5.92 Å². The molecule has 0 saturated carbocycles. The summed E-state index contributed by atoms with van der Waals surface area (Å²) in [4.78, 5) is 15.6. The fourth-order valence-corrected chi connectivity index (χ4v) is 1.95. The van der Waals surface area contributed by atoms with Crippen LogP contribution >= 0.6 is 27.5 Å². The van der Waals surface area contributed by atoms with Crippen LogP contribution in [0.1, 0.15) is 6.42 Å². The number of aromatic nitrogens is 1. The Kier molecular flexibility index (Phi) is 3.78. The lowest BCUT2D eigenvalue weighted by Gasteiger charge is -2.26. The van der Waals surface area contributed by atoms with Crippen molar-refractivity contribution in [3.8, 4) is 0 Å². The van der Waals surface area contributed by atoms with Gasteiger partial charge in [0, 0.05) is 17.1 Å². The molecule has 2 rings (SSSR count). The third-order valence-electron chi connectivity index (χ3n) is 2.42. The highest BCUT2D eigenvalue weighted by Crippen LogP contribution is 2.23. The van der Waals surface area contributed by atoms with E-state index in [1.807, 2.05) is 0 Å². The summed E-state index contributed by atoms with van der Waals surface area (Å²) in [7, 11) is 0. The zero-order valence-electron chi connectivity index (χ0n) is 8.46. The fourth-order valence-electron chi connectivity index (χ4n) is 1.47. The van der Waals surface area contributed by atoms with Gasteiger partial charge in [-0.1, -0.05) is 11.6 Å². The largest absolute Gasteiger partial charge is 0.323 e. The van der Waals surface area contributed by atoms with E-state index in [1.54, 1.807) is 12.3 Å². The number of amides is 1. The van der Waals surface area contributed by atoms with Crippen LogP contribution in [0.5, 0.6) is 0 Å². The first-order valence-electron chi connectivity index (χ1n) is 4.97. The molecule has 2 heterocycles. The lowest BCUT2D eigenvalue weighted by molar-refractivity contribution is -0.117. The number of pyridine rings is 1. The van der Waals surface area contributed by atoms with E-state index < -0.39 is 0 Å². The Morgan fingerprint density at radius 2 is 2.44 bits per heavy atom. The second-order valence-corrected chi connectivity index (χ2v) is 5.04. The molecular weight excluding hydrogens is 293 g/mol. The summed E-state index contributed by atoms with van der Waals surface area (Å²) >= 11 is 9.15. The molecular formula is C10H11BrClN3O. The van der Waals surface area contributed by atoms with E-state index in [0.717, 1.165) is 17.6 Å². The Hall–Kier alpha value is -0.650. The van der Waals surface area contributed by atoms with Gasteiger partial charge < -0.3 is 10.6 Å². The zero-order valence-corrected chi connectivity index (χ0v) is 10.8. The van der Waals surface area contributed by atoms with Crippen LogP contribution in [0.4, 0.5) is 5.69 Å². The Morgan fingerprint density at radius 1 is 1.69 bits per heavy atom. The molecule has 2 N–H and O–H groups in total. The van der Waals surface area contributed by atoms with E-state index in [-0.39, 0.29) is 5.91 Å². The molecule has 0 aliphatic carbocycles. The molecule has 0 unspecified atom stereocenters. The van der Waals surface area contributed by atoms with E-state index >= 15 is 0 Å². The van der Waals surface area contributed by atoms with Gasteiger partial charge in [0.25, 0.3) is 0 Å². The number of nitrogens with one attached hydrogen (secondary N) is 2. The van der Waals surface area contributed by atoms with Crippen LogP contribution in [0.25, 0.3) is 0 Å². The van der Waals surface area contributed by atoms with Crippen molar-refractivity contribution in [1.82, 2.24) is 10.3 Å². The van der Waals surface area contributed by atoms with E-state index in [9.17, 15) is 4.79 Å². The second-order valence-electron chi connectivity index (χ2n) is 3.77. The summed E-state index contributed by atoms with van der Waals surface area (Å²) in [5, 5.41) is 6.19. The standard InChI is InChI=1S/C10H11BrClN3O/c11-7-2-8(10(12)14-5-7)15-9(16)1-6-3-13-4-6/h2,5-6,13H,1,3-4H2,(H,15,16). The van der Waals surface area contributed by atoms with Crippen molar-refractivity contribution >= 4 is 39.1 Å². The zero-order chi connectivity index (χ0) is 11.5. The molecule has 1 aliphatic heterocycles. The highest BCUT2D eigenvalue weighted by atomic mass is 79.9. The number of anilines is 1. The SMILES string of the molecule is O=C(CC1CNC1)Nc1cc(Br)cnc1Cl. The van der Waals surface area contributed by atoms with Crippen LogP contribution in [0.3, 0.4) is 0 Å². The molecule has 0 atom stereocenters. The highest BCUT2D eigenvalue weighted by Gasteiger charge is 2.20. The second kappa shape index (κ2) is 5.12. The van der Waals surface area contributed by atoms with Gasteiger partial charge in [-0.15, -0.1) is 0 Å². The van der Waals surface area contributed by atoms with E-state index in [2.05, 4.69) is 31.5 Å². The molecule has 1 saturated heterocycles. The van der Waals surface area contributed by atoms with E-state index in [0.29, 0.717) is 23.2 Å². The summed E-state index contributed by atoms with van der Waals surface area (Å²) in [6.45, 7) is 1.83. The number of hydrogen-bond acceptors (Lipinski definition) is 3. The molecule has 1 fully saturated rings. The first-order chi connectivity index (χ1) is 7.65. The van der Waals surface area contributed by atoms with Gasteiger partial charge in [0.15, 0.2) is 5.15 Å². The maximum Gasteiger partial charge on any atom is 0.224 e. The summed E-state index contributed by atoms with van der Waals surface area (Å²) < 4.78 is 0.789. The predicted molar refractivity (Wildman–Crippen MR) is 66.6 cm³/mol. The van der Waals surface area contributed by atoms with Gasteiger partial charge in [0.2, 0.25) is 5.91 Å². The van der Waals surface area contributed by atoms with Crippen molar-refractivity contribution in [2.75, 3.05) is 18.4 Å². The molecule has 4 nitrogen and oxygen atoms in total. The summed E-state index contributed by atoms with van der Waals surface area (Å²) in [5.41, 5.74) is 0.549. The lowest BCUT2D eigenvalue weighted by Crippen LogP contribution is -2.43. The Bertz CT molecular complexity index is 409. The number of rotatable bonds is 3. The normalized spacial score (nSPS) is 15.6. The minimum absolute atomic E-state index is 0.0201. The minimum atomic E-state index is -0.0201. The molecule has 1 amide bonds.